The van der Waals surface area contributed by atoms with E-state index in [2.05, 4.69) is 10.6 Å². The van der Waals surface area contributed by atoms with E-state index in [0.717, 1.165) is 10.5 Å². The van der Waals surface area contributed by atoms with Crippen molar-refractivity contribution in [3.05, 3.63) is 70.2 Å². The summed E-state index contributed by atoms with van der Waals surface area (Å²) in [4.78, 5) is 43.3. The minimum Gasteiger partial charge on any atom is -0.504 e. The van der Waals surface area contributed by atoms with E-state index in [0.29, 0.717) is 52.2 Å². The van der Waals surface area contributed by atoms with Crippen LogP contribution in [0.3, 0.4) is 0 Å². The number of ether oxygens (including phenoxy) is 2. The molecule has 0 bridgehead atoms. The van der Waals surface area contributed by atoms with E-state index in [1.54, 1.807) is 30.3 Å². The summed E-state index contributed by atoms with van der Waals surface area (Å²) in [6.45, 7) is 2.58. The summed E-state index contributed by atoms with van der Waals surface area (Å²) in [5.74, 6) is -3.05. The number of nitrogens with one attached hydrogen (secondary N) is 2. The molecule has 3 aromatic rings. The molecule has 204 valence electrons. The highest BCUT2D eigenvalue weighted by Gasteiger charge is 2.70. The lowest BCUT2D eigenvalue weighted by atomic mass is 9.76. The van der Waals surface area contributed by atoms with E-state index in [1.165, 1.54) is 12.1 Å². The molecule has 0 unspecified atom stereocenters. The van der Waals surface area contributed by atoms with E-state index in [9.17, 15) is 24.6 Å². The van der Waals surface area contributed by atoms with Crippen molar-refractivity contribution in [1.29, 1.82) is 0 Å². The maximum atomic E-state index is 14.3. The molecular weight excluding hydrogens is 538 g/mol. The Morgan fingerprint density at radius 1 is 0.975 bits per heavy atom. The summed E-state index contributed by atoms with van der Waals surface area (Å²) in [7, 11) is 0. The average molecular weight is 562 g/mol. The molecule has 0 saturated carbocycles. The molecule has 7 rings (SSSR count). The van der Waals surface area contributed by atoms with Crippen LogP contribution in [0.25, 0.3) is 0 Å². The molecule has 40 heavy (non-hydrogen) atoms. The minimum atomic E-state index is -1.55. The number of aromatic hydroxyl groups is 2. The van der Waals surface area contributed by atoms with Crippen molar-refractivity contribution in [3.8, 4) is 23.0 Å². The SMILES string of the molecule is Cc1cc(Cl)c2c(c1)[C@@]1(N[C@H](Cc3ccc(O)c(O)c3)[C@H]3C(=O)N(c4ccc5c(c4)OCCO5)C(=O)[C@H]31)C(=O)N2. The molecule has 4 aliphatic rings. The third kappa shape index (κ3) is 3.36. The fourth-order valence-electron chi connectivity index (χ4n) is 6.54. The molecule has 4 heterocycles. The number of carbonyl (C=O) groups excluding carboxylic acids is 3. The fraction of sp³-hybridized carbons (Fsp3) is 0.276. The number of benzene rings is 3. The summed E-state index contributed by atoms with van der Waals surface area (Å²) < 4.78 is 11.3. The number of aryl methyl sites for hydroxylation is 1. The topological polar surface area (TPSA) is 137 Å². The predicted molar refractivity (Wildman–Crippen MR) is 144 cm³/mol. The standard InChI is InChI=1S/C29H24ClN3O7/c1-13-8-16-25(17(30)9-13)31-28(38)29(16)24-23(18(32-29)10-14-2-4-19(34)20(35)11-14)26(36)33(27(24)37)15-3-5-21-22(12-15)40-7-6-39-21/h2-5,8-9,11-12,18,23-24,32,34-35H,6-7,10H2,1H3,(H,31,38)/t18-,23-,24+,29+/m1/s1. The van der Waals surface area contributed by atoms with E-state index in [4.69, 9.17) is 21.1 Å². The predicted octanol–water partition coefficient (Wildman–Crippen LogP) is 3.00. The Morgan fingerprint density at radius 3 is 2.52 bits per heavy atom. The number of anilines is 2. The molecule has 3 aromatic carbocycles. The average Bonchev–Trinajstić information content (AvgIpc) is 3.50. The van der Waals surface area contributed by atoms with Gasteiger partial charge in [0.05, 0.1) is 28.2 Å². The van der Waals surface area contributed by atoms with Gasteiger partial charge in [0, 0.05) is 17.7 Å². The highest BCUT2D eigenvalue weighted by Crippen LogP contribution is 2.55. The Labute approximate surface area is 233 Å². The van der Waals surface area contributed by atoms with Gasteiger partial charge in [0.1, 0.15) is 18.8 Å². The van der Waals surface area contributed by atoms with Crippen LogP contribution in [0, 0.1) is 18.8 Å². The normalized spacial score (nSPS) is 26.3. The number of nitrogens with zero attached hydrogens (tertiary/aromatic N) is 1. The molecular formula is C29H24ClN3O7. The van der Waals surface area contributed by atoms with Gasteiger partial charge < -0.3 is 25.0 Å². The molecule has 4 N–H and O–H groups in total. The van der Waals surface area contributed by atoms with Crippen LogP contribution in [-0.2, 0) is 26.3 Å². The number of carbonyl (C=O) groups is 3. The molecule has 3 amide bonds. The second-order valence-corrected chi connectivity index (χ2v) is 11.0. The van der Waals surface area contributed by atoms with Crippen molar-refractivity contribution < 1.29 is 34.1 Å². The van der Waals surface area contributed by atoms with E-state index in [-0.39, 0.29) is 17.9 Å². The zero-order chi connectivity index (χ0) is 27.9. The van der Waals surface area contributed by atoms with Crippen LogP contribution in [-0.4, -0.2) is 47.2 Å². The number of halogens is 1. The highest BCUT2D eigenvalue weighted by molar-refractivity contribution is 6.35. The third-order valence-electron chi connectivity index (χ3n) is 8.20. The summed E-state index contributed by atoms with van der Waals surface area (Å²) in [6.07, 6.45) is 0.201. The summed E-state index contributed by atoms with van der Waals surface area (Å²) in [5, 5.41) is 26.4. The second-order valence-electron chi connectivity index (χ2n) is 10.6. The number of phenolic OH excluding ortho intramolecular Hbond substituents is 2. The molecule has 11 heteroatoms. The number of phenols is 2. The second kappa shape index (κ2) is 8.61. The first-order chi connectivity index (χ1) is 19.2. The molecule has 1 spiro atoms. The monoisotopic (exact) mass is 561 g/mol. The first kappa shape index (κ1) is 24.7. The van der Waals surface area contributed by atoms with Gasteiger partial charge in [-0.25, -0.2) is 4.90 Å². The van der Waals surface area contributed by atoms with Crippen molar-refractivity contribution in [2.45, 2.75) is 24.9 Å². The van der Waals surface area contributed by atoms with Crippen LogP contribution < -0.4 is 25.0 Å². The van der Waals surface area contributed by atoms with E-state index < -0.39 is 41.1 Å². The molecule has 4 aliphatic heterocycles. The molecule has 4 atom stereocenters. The Hall–Kier alpha value is -4.28. The lowest BCUT2D eigenvalue weighted by Crippen LogP contribution is -2.53. The third-order valence-corrected chi connectivity index (χ3v) is 8.50. The molecule has 10 nitrogen and oxygen atoms in total. The van der Waals surface area contributed by atoms with Crippen LogP contribution in [0.5, 0.6) is 23.0 Å². The van der Waals surface area contributed by atoms with Crippen molar-refractivity contribution in [3.63, 3.8) is 0 Å². The van der Waals surface area contributed by atoms with Gasteiger partial charge in [-0.1, -0.05) is 23.7 Å². The van der Waals surface area contributed by atoms with Crippen LogP contribution in [0.1, 0.15) is 16.7 Å². The number of hydrogen-bond acceptors (Lipinski definition) is 8. The van der Waals surface area contributed by atoms with Crippen LogP contribution in [0.2, 0.25) is 5.02 Å². The fourth-order valence-corrected chi connectivity index (χ4v) is 6.87. The van der Waals surface area contributed by atoms with Gasteiger partial charge in [0.2, 0.25) is 17.7 Å². The number of amides is 3. The van der Waals surface area contributed by atoms with Gasteiger partial charge in [-0.15, -0.1) is 0 Å². The largest absolute Gasteiger partial charge is 0.504 e. The Bertz CT molecular complexity index is 1640. The minimum absolute atomic E-state index is 0.201. The number of fused-ring (bicyclic) bond motifs is 5. The summed E-state index contributed by atoms with van der Waals surface area (Å²) in [6, 6.07) is 12.1. The number of rotatable bonds is 3. The van der Waals surface area contributed by atoms with Crippen LogP contribution in [0.15, 0.2) is 48.5 Å². The summed E-state index contributed by atoms with van der Waals surface area (Å²) in [5.41, 5.74) is 1.11. The maximum Gasteiger partial charge on any atom is 0.250 e. The van der Waals surface area contributed by atoms with Gasteiger partial charge in [-0.2, -0.15) is 0 Å². The van der Waals surface area contributed by atoms with Crippen molar-refractivity contribution in [1.82, 2.24) is 5.32 Å². The van der Waals surface area contributed by atoms with Crippen molar-refractivity contribution >= 4 is 40.7 Å². The zero-order valence-electron chi connectivity index (χ0n) is 21.2. The van der Waals surface area contributed by atoms with Gasteiger partial charge in [0.25, 0.3) is 0 Å². The van der Waals surface area contributed by atoms with Crippen LogP contribution in [0.4, 0.5) is 11.4 Å². The smallest absolute Gasteiger partial charge is 0.250 e. The van der Waals surface area contributed by atoms with Gasteiger partial charge >= 0.3 is 0 Å². The van der Waals surface area contributed by atoms with E-state index in [1.807, 2.05) is 13.0 Å². The first-order valence-electron chi connectivity index (χ1n) is 12.9. The summed E-state index contributed by atoms with van der Waals surface area (Å²) >= 11 is 6.52. The quantitative estimate of drug-likeness (QED) is 0.283. The van der Waals surface area contributed by atoms with E-state index >= 15 is 0 Å². The maximum absolute atomic E-state index is 14.3. The molecule has 0 radical (unpaired) electrons. The molecule has 0 aliphatic carbocycles. The van der Waals surface area contributed by atoms with Crippen molar-refractivity contribution in [2.75, 3.05) is 23.4 Å². The van der Waals surface area contributed by atoms with Gasteiger partial charge in [-0.3, -0.25) is 19.7 Å². The zero-order valence-corrected chi connectivity index (χ0v) is 22.0. The molecule has 2 saturated heterocycles. The number of imide groups is 1. The number of hydrogen-bond donors (Lipinski definition) is 4. The van der Waals surface area contributed by atoms with Crippen molar-refractivity contribution in [2.24, 2.45) is 11.8 Å². The lowest BCUT2D eigenvalue weighted by molar-refractivity contribution is -0.130. The highest BCUT2D eigenvalue weighted by atomic mass is 35.5. The van der Waals surface area contributed by atoms with Gasteiger partial charge in [0.15, 0.2) is 23.0 Å². The lowest BCUT2D eigenvalue weighted by Gasteiger charge is -2.30. The molecule has 2 fully saturated rings. The Morgan fingerprint density at radius 2 is 1.75 bits per heavy atom. The van der Waals surface area contributed by atoms with Gasteiger partial charge in [-0.05, 0) is 54.8 Å². The Balaban J connectivity index is 1.37. The van der Waals surface area contributed by atoms with Crippen LogP contribution >= 0.6 is 11.6 Å². The molecule has 0 aromatic heterocycles. The first-order valence-corrected chi connectivity index (χ1v) is 13.2. The Kier molecular flexibility index (Phi) is 5.32.